The molecule has 0 spiro atoms. The molecule has 98 valence electrons. The Morgan fingerprint density at radius 2 is 2.11 bits per heavy atom. The molecule has 1 fully saturated rings. The minimum absolute atomic E-state index is 0.0933. The van der Waals surface area contributed by atoms with Gasteiger partial charge in [0.25, 0.3) is 0 Å². The lowest BCUT2D eigenvalue weighted by Crippen LogP contribution is -2.28. The van der Waals surface area contributed by atoms with Gasteiger partial charge in [0, 0.05) is 12.1 Å². The first kappa shape index (κ1) is 13.5. The van der Waals surface area contributed by atoms with Crippen molar-refractivity contribution in [1.82, 2.24) is 4.72 Å². The Bertz CT molecular complexity index is 569. The monoisotopic (exact) mass is 284 g/mol. The molecule has 1 aliphatic rings. The van der Waals surface area contributed by atoms with Crippen molar-refractivity contribution in [3.8, 4) is 0 Å². The summed E-state index contributed by atoms with van der Waals surface area (Å²) >= 11 is 4.87. The minimum atomic E-state index is -3.53. The van der Waals surface area contributed by atoms with E-state index in [-0.39, 0.29) is 9.88 Å². The Morgan fingerprint density at radius 3 is 2.67 bits per heavy atom. The van der Waals surface area contributed by atoms with E-state index in [0.717, 1.165) is 6.42 Å². The van der Waals surface area contributed by atoms with Gasteiger partial charge in [-0.15, -0.1) is 0 Å². The van der Waals surface area contributed by atoms with Crippen molar-refractivity contribution < 1.29 is 8.42 Å². The predicted molar refractivity (Wildman–Crippen MR) is 74.8 cm³/mol. The molecule has 4 nitrogen and oxygen atoms in total. The molecule has 2 unspecified atom stereocenters. The van der Waals surface area contributed by atoms with E-state index in [1.54, 1.807) is 18.2 Å². The molecule has 0 bridgehead atoms. The standard InChI is InChI=1S/C12H16N2O2S2/c1-8-6-9(8)7-14-18(15,16)11-5-3-2-4-10(11)12(13)17/h2-5,8-9,14H,6-7H2,1H3,(H2,13,17). The summed E-state index contributed by atoms with van der Waals surface area (Å²) in [6.07, 6.45) is 1.08. The second-order valence-electron chi connectivity index (χ2n) is 4.69. The second kappa shape index (κ2) is 4.95. The summed E-state index contributed by atoms with van der Waals surface area (Å²) in [5.74, 6) is 1.07. The third-order valence-electron chi connectivity index (χ3n) is 3.25. The van der Waals surface area contributed by atoms with Gasteiger partial charge < -0.3 is 5.73 Å². The molecule has 2 rings (SSSR count). The smallest absolute Gasteiger partial charge is 0.241 e. The Labute approximate surface area is 113 Å². The summed E-state index contributed by atoms with van der Waals surface area (Å²) in [5, 5.41) is 0. The fourth-order valence-corrected chi connectivity index (χ4v) is 3.44. The van der Waals surface area contributed by atoms with Crippen LogP contribution >= 0.6 is 12.2 Å². The van der Waals surface area contributed by atoms with Crippen molar-refractivity contribution in [2.45, 2.75) is 18.2 Å². The van der Waals surface area contributed by atoms with E-state index in [1.807, 2.05) is 0 Å². The molecule has 0 heterocycles. The average molecular weight is 284 g/mol. The minimum Gasteiger partial charge on any atom is -0.389 e. The van der Waals surface area contributed by atoms with Crippen LogP contribution in [0.4, 0.5) is 0 Å². The number of nitrogens with two attached hydrogens (primary N) is 1. The maximum atomic E-state index is 12.2. The van der Waals surface area contributed by atoms with Gasteiger partial charge in [0.05, 0.1) is 4.90 Å². The highest BCUT2D eigenvalue weighted by Gasteiger charge is 2.33. The van der Waals surface area contributed by atoms with Crippen molar-refractivity contribution in [3.05, 3.63) is 29.8 Å². The van der Waals surface area contributed by atoms with Gasteiger partial charge in [-0.3, -0.25) is 0 Å². The van der Waals surface area contributed by atoms with Gasteiger partial charge in [0.2, 0.25) is 10.0 Å². The van der Waals surface area contributed by atoms with Crippen LogP contribution in [0.5, 0.6) is 0 Å². The van der Waals surface area contributed by atoms with Crippen LogP contribution in [-0.2, 0) is 10.0 Å². The van der Waals surface area contributed by atoms with Gasteiger partial charge in [-0.25, -0.2) is 13.1 Å². The number of hydrogen-bond donors (Lipinski definition) is 2. The number of sulfonamides is 1. The van der Waals surface area contributed by atoms with Crippen molar-refractivity contribution in [2.75, 3.05) is 6.54 Å². The molecular formula is C12H16N2O2S2. The van der Waals surface area contributed by atoms with Gasteiger partial charge in [-0.1, -0.05) is 37.3 Å². The van der Waals surface area contributed by atoms with E-state index in [9.17, 15) is 8.42 Å². The average Bonchev–Trinajstić information content (AvgIpc) is 3.03. The van der Waals surface area contributed by atoms with E-state index in [4.69, 9.17) is 18.0 Å². The van der Waals surface area contributed by atoms with Gasteiger partial charge in [0.15, 0.2) is 0 Å². The maximum Gasteiger partial charge on any atom is 0.241 e. The summed E-state index contributed by atoms with van der Waals surface area (Å²) in [7, 11) is -3.53. The Balaban J connectivity index is 2.21. The molecule has 6 heteroatoms. The molecule has 2 atom stereocenters. The van der Waals surface area contributed by atoms with Crippen molar-refractivity contribution in [3.63, 3.8) is 0 Å². The van der Waals surface area contributed by atoms with Crippen LogP contribution in [0.1, 0.15) is 18.9 Å². The Hall–Kier alpha value is -0.980. The van der Waals surface area contributed by atoms with Crippen molar-refractivity contribution in [1.29, 1.82) is 0 Å². The molecule has 3 N–H and O–H groups in total. The quantitative estimate of drug-likeness (QED) is 0.798. The molecule has 0 saturated heterocycles. The van der Waals surface area contributed by atoms with Crippen LogP contribution in [-0.4, -0.2) is 20.0 Å². The first-order chi connectivity index (χ1) is 8.42. The van der Waals surface area contributed by atoms with Crippen LogP contribution < -0.4 is 10.5 Å². The Kier molecular flexibility index (Phi) is 3.70. The first-order valence-corrected chi connectivity index (χ1v) is 7.69. The second-order valence-corrected chi connectivity index (χ2v) is 6.86. The van der Waals surface area contributed by atoms with Gasteiger partial charge in [0.1, 0.15) is 4.99 Å². The lowest BCUT2D eigenvalue weighted by Gasteiger charge is -2.10. The van der Waals surface area contributed by atoms with E-state index in [0.29, 0.717) is 23.9 Å². The lowest BCUT2D eigenvalue weighted by atomic mass is 10.2. The van der Waals surface area contributed by atoms with Crippen LogP contribution in [0.2, 0.25) is 0 Å². The molecule has 1 saturated carbocycles. The van der Waals surface area contributed by atoms with Crippen LogP contribution in [0.3, 0.4) is 0 Å². The fourth-order valence-electron chi connectivity index (χ4n) is 1.88. The molecule has 18 heavy (non-hydrogen) atoms. The number of rotatable bonds is 5. The lowest BCUT2D eigenvalue weighted by molar-refractivity contribution is 0.574. The largest absolute Gasteiger partial charge is 0.389 e. The van der Waals surface area contributed by atoms with E-state index in [2.05, 4.69) is 11.6 Å². The topological polar surface area (TPSA) is 72.2 Å². The third kappa shape index (κ3) is 2.88. The van der Waals surface area contributed by atoms with Crippen molar-refractivity contribution >= 4 is 27.2 Å². The normalized spacial score (nSPS) is 22.7. The number of thiocarbonyl (C=S) groups is 1. The summed E-state index contributed by atoms with van der Waals surface area (Å²) in [4.78, 5) is 0.251. The maximum absolute atomic E-state index is 12.2. The van der Waals surface area contributed by atoms with Gasteiger partial charge in [-0.05, 0) is 24.3 Å². The first-order valence-electron chi connectivity index (χ1n) is 5.80. The highest BCUT2D eigenvalue weighted by Crippen LogP contribution is 2.37. The predicted octanol–water partition coefficient (Wildman–Crippen LogP) is 1.26. The van der Waals surface area contributed by atoms with Crippen LogP contribution in [0.15, 0.2) is 29.2 Å². The summed E-state index contributed by atoms with van der Waals surface area (Å²) < 4.78 is 27.0. The highest BCUT2D eigenvalue weighted by molar-refractivity contribution is 7.89. The zero-order valence-corrected chi connectivity index (χ0v) is 11.7. The zero-order valence-electron chi connectivity index (χ0n) is 10.1. The molecule has 0 radical (unpaired) electrons. The Morgan fingerprint density at radius 1 is 1.50 bits per heavy atom. The molecule has 1 aromatic carbocycles. The molecule has 1 aliphatic carbocycles. The molecular weight excluding hydrogens is 268 g/mol. The van der Waals surface area contributed by atoms with E-state index in [1.165, 1.54) is 6.07 Å². The fraction of sp³-hybridized carbons (Fsp3) is 0.417. The van der Waals surface area contributed by atoms with Crippen LogP contribution in [0.25, 0.3) is 0 Å². The molecule has 0 amide bonds. The third-order valence-corrected chi connectivity index (χ3v) is 4.96. The SMILES string of the molecule is CC1CC1CNS(=O)(=O)c1ccccc1C(N)=S. The number of hydrogen-bond acceptors (Lipinski definition) is 3. The highest BCUT2D eigenvalue weighted by atomic mass is 32.2. The summed E-state index contributed by atoms with van der Waals surface area (Å²) in [5.41, 5.74) is 5.93. The number of nitrogens with one attached hydrogen (secondary N) is 1. The zero-order chi connectivity index (χ0) is 13.3. The summed E-state index contributed by atoms with van der Waals surface area (Å²) in [6.45, 7) is 2.59. The summed E-state index contributed by atoms with van der Waals surface area (Å²) in [6, 6.07) is 6.52. The van der Waals surface area contributed by atoms with Crippen LogP contribution in [0, 0.1) is 11.8 Å². The van der Waals surface area contributed by atoms with E-state index < -0.39 is 10.0 Å². The number of benzene rings is 1. The molecule has 0 aliphatic heterocycles. The van der Waals surface area contributed by atoms with E-state index >= 15 is 0 Å². The molecule has 1 aromatic rings. The van der Waals surface area contributed by atoms with Crippen molar-refractivity contribution in [2.24, 2.45) is 17.6 Å². The van der Waals surface area contributed by atoms with Gasteiger partial charge in [-0.2, -0.15) is 0 Å². The molecule has 0 aromatic heterocycles. The van der Waals surface area contributed by atoms with Gasteiger partial charge >= 0.3 is 0 Å².